The van der Waals surface area contributed by atoms with Gasteiger partial charge in [-0.25, -0.2) is 4.79 Å². The van der Waals surface area contributed by atoms with Gasteiger partial charge in [-0.2, -0.15) is 0 Å². The van der Waals surface area contributed by atoms with Crippen molar-refractivity contribution in [2.24, 2.45) is 0 Å². The van der Waals surface area contributed by atoms with Crippen molar-refractivity contribution < 1.29 is 9.59 Å². The minimum Gasteiger partial charge on any atom is -0.348 e. The monoisotopic (exact) mass is 406 g/mol. The molecule has 2 saturated heterocycles. The third kappa shape index (κ3) is 4.65. The van der Waals surface area contributed by atoms with E-state index in [1.165, 1.54) is 24.8 Å². The average Bonchev–Trinajstić information content (AvgIpc) is 3.20. The number of urea groups is 1. The van der Waals surface area contributed by atoms with E-state index < -0.39 is 0 Å². The zero-order valence-electron chi connectivity index (χ0n) is 17.6. The first-order valence-corrected chi connectivity index (χ1v) is 10.9. The average molecular weight is 407 g/mol. The standard InChI is InChI=1S/C24H30N4O2/c1-18-7-4-5-13-27(18)17-21-9-3-2-8-20(21)16-26-23(29)19-10-6-11-22(15-19)28-14-12-25-24(28)30/h2-3,6,8-11,15,18H,4-5,7,12-14,16-17H2,1H3,(H,25,30)(H,26,29). The van der Waals surface area contributed by atoms with Crippen molar-refractivity contribution >= 4 is 17.6 Å². The molecule has 2 aliphatic rings. The van der Waals surface area contributed by atoms with Gasteiger partial charge in [-0.3, -0.25) is 14.6 Å². The highest BCUT2D eigenvalue weighted by Gasteiger charge is 2.22. The third-order valence-electron chi connectivity index (χ3n) is 6.15. The molecule has 2 aromatic rings. The Hall–Kier alpha value is -2.86. The summed E-state index contributed by atoms with van der Waals surface area (Å²) in [6, 6.07) is 16.1. The molecule has 2 fully saturated rings. The molecule has 2 N–H and O–H groups in total. The first kappa shape index (κ1) is 20.4. The summed E-state index contributed by atoms with van der Waals surface area (Å²) in [7, 11) is 0. The highest BCUT2D eigenvalue weighted by molar-refractivity contribution is 5.98. The summed E-state index contributed by atoms with van der Waals surface area (Å²) in [4.78, 5) is 28.9. The fourth-order valence-corrected chi connectivity index (χ4v) is 4.31. The Balaban J connectivity index is 1.41. The number of likely N-dealkylation sites (tertiary alicyclic amines) is 1. The molecular formula is C24H30N4O2. The second-order valence-electron chi connectivity index (χ2n) is 8.20. The lowest BCUT2D eigenvalue weighted by Gasteiger charge is -2.33. The molecule has 1 unspecified atom stereocenters. The van der Waals surface area contributed by atoms with E-state index in [-0.39, 0.29) is 11.9 Å². The van der Waals surface area contributed by atoms with Crippen LogP contribution >= 0.6 is 0 Å². The van der Waals surface area contributed by atoms with Crippen LogP contribution in [0.4, 0.5) is 10.5 Å². The first-order chi connectivity index (χ1) is 14.6. The van der Waals surface area contributed by atoms with Gasteiger partial charge in [0.05, 0.1) is 0 Å². The van der Waals surface area contributed by atoms with Gasteiger partial charge in [0, 0.05) is 43.5 Å². The number of hydrogen-bond donors (Lipinski definition) is 2. The summed E-state index contributed by atoms with van der Waals surface area (Å²) < 4.78 is 0. The smallest absolute Gasteiger partial charge is 0.321 e. The number of nitrogens with zero attached hydrogens (tertiary/aromatic N) is 2. The molecule has 0 bridgehead atoms. The van der Waals surface area contributed by atoms with Crippen molar-refractivity contribution in [3.8, 4) is 0 Å². The number of carbonyl (C=O) groups excluding carboxylic acids is 2. The lowest BCUT2D eigenvalue weighted by molar-refractivity contribution is 0.0950. The summed E-state index contributed by atoms with van der Waals surface area (Å²) >= 11 is 0. The summed E-state index contributed by atoms with van der Waals surface area (Å²) in [6.45, 7) is 6.10. The van der Waals surface area contributed by atoms with Crippen LogP contribution in [-0.2, 0) is 13.1 Å². The largest absolute Gasteiger partial charge is 0.348 e. The van der Waals surface area contributed by atoms with Crippen LogP contribution in [0, 0.1) is 0 Å². The predicted molar refractivity (Wildman–Crippen MR) is 119 cm³/mol. The van der Waals surface area contributed by atoms with Gasteiger partial charge in [0.25, 0.3) is 5.91 Å². The number of hydrogen-bond acceptors (Lipinski definition) is 3. The van der Waals surface area contributed by atoms with Crippen LogP contribution in [0.15, 0.2) is 48.5 Å². The third-order valence-corrected chi connectivity index (χ3v) is 6.15. The van der Waals surface area contributed by atoms with Gasteiger partial charge in [0.1, 0.15) is 0 Å². The Morgan fingerprint density at radius 3 is 2.70 bits per heavy atom. The van der Waals surface area contributed by atoms with E-state index in [1.807, 2.05) is 18.2 Å². The molecule has 1 atom stereocenters. The zero-order chi connectivity index (χ0) is 20.9. The fraction of sp³-hybridized carbons (Fsp3) is 0.417. The lowest BCUT2D eigenvalue weighted by Crippen LogP contribution is -2.37. The molecule has 0 saturated carbocycles. The summed E-state index contributed by atoms with van der Waals surface area (Å²) in [5.41, 5.74) is 3.74. The Kier molecular flexibility index (Phi) is 6.33. The molecular weight excluding hydrogens is 376 g/mol. The van der Waals surface area contributed by atoms with Gasteiger partial charge >= 0.3 is 6.03 Å². The van der Waals surface area contributed by atoms with Crippen LogP contribution in [0.3, 0.4) is 0 Å². The number of nitrogens with one attached hydrogen (secondary N) is 2. The number of anilines is 1. The SMILES string of the molecule is CC1CCCCN1Cc1ccccc1CNC(=O)c1cccc(N2CCNC2=O)c1. The van der Waals surface area contributed by atoms with Gasteiger partial charge in [-0.05, 0) is 55.6 Å². The first-order valence-electron chi connectivity index (χ1n) is 10.9. The van der Waals surface area contributed by atoms with Gasteiger partial charge in [-0.15, -0.1) is 0 Å². The maximum atomic E-state index is 12.8. The second kappa shape index (κ2) is 9.30. The molecule has 0 radical (unpaired) electrons. The zero-order valence-corrected chi connectivity index (χ0v) is 17.6. The number of carbonyl (C=O) groups is 2. The normalized spacial score (nSPS) is 19.6. The number of amides is 3. The van der Waals surface area contributed by atoms with E-state index in [0.29, 0.717) is 31.2 Å². The van der Waals surface area contributed by atoms with Crippen molar-refractivity contribution in [1.82, 2.24) is 15.5 Å². The van der Waals surface area contributed by atoms with Crippen LogP contribution in [0.5, 0.6) is 0 Å². The van der Waals surface area contributed by atoms with E-state index in [4.69, 9.17) is 0 Å². The van der Waals surface area contributed by atoms with Crippen molar-refractivity contribution in [3.63, 3.8) is 0 Å². The fourth-order valence-electron chi connectivity index (χ4n) is 4.31. The molecule has 30 heavy (non-hydrogen) atoms. The van der Waals surface area contributed by atoms with Gasteiger partial charge in [0.15, 0.2) is 0 Å². The van der Waals surface area contributed by atoms with Crippen molar-refractivity contribution in [2.45, 2.75) is 45.3 Å². The summed E-state index contributed by atoms with van der Waals surface area (Å²) in [5, 5.41) is 5.85. The highest BCUT2D eigenvalue weighted by atomic mass is 16.2. The molecule has 2 aromatic carbocycles. The molecule has 0 aliphatic carbocycles. The second-order valence-corrected chi connectivity index (χ2v) is 8.20. The predicted octanol–water partition coefficient (Wildman–Crippen LogP) is 3.52. The van der Waals surface area contributed by atoms with Crippen LogP contribution in [0.1, 0.15) is 47.7 Å². The summed E-state index contributed by atoms with van der Waals surface area (Å²) in [5.74, 6) is -0.127. The number of piperidine rings is 1. The van der Waals surface area contributed by atoms with Crippen LogP contribution in [-0.4, -0.2) is 42.5 Å². The van der Waals surface area contributed by atoms with Gasteiger partial charge < -0.3 is 10.6 Å². The van der Waals surface area contributed by atoms with Crippen molar-refractivity contribution in [2.75, 3.05) is 24.5 Å². The van der Waals surface area contributed by atoms with Gasteiger partial charge in [-0.1, -0.05) is 36.8 Å². The van der Waals surface area contributed by atoms with E-state index in [9.17, 15) is 9.59 Å². The highest BCUT2D eigenvalue weighted by Crippen LogP contribution is 2.21. The van der Waals surface area contributed by atoms with Crippen molar-refractivity contribution in [3.05, 3.63) is 65.2 Å². The van der Waals surface area contributed by atoms with Gasteiger partial charge in [0.2, 0.25) is 0 Å². The minimum atomic E-state index is -0.127. The maximum absolute atomic E-state index is 12.8. The van der Waals surface area contributed by atoms with E-state index in [2.05, 4.69) is 40.7 Å². The number of benzene rings is 2. The van der Waals surface area contributed by atoms with E-state index in [0.717, 1.165) is 24.3 Å². The Morgan fingerprint density at radius 2 is 1.93 bits per heavy atom. The van der Waals surface area contributed by atoms with Crippen LogP contribution in [0.2, 0.25) is 0 Å². The van der Waals surface area contributed by atoms with Crippen LogP contribution in [0.25, 0.3) is 0 Å². The Labute approximate surface area is 178 Å². The quantitative estimate of drug-likeness (QED) is 0.772. The van der Waals surface area contributed by atoms with Crippen molar-refractivity contribution in [1.29, 1.82) is 0 Å². The van der Waals surface area contributed by atoms with E-state index >= 15 is 0 Å². The summed E-state index contributed by atoms with van der Waals surface area (Å²) in [6.07, 6.45) is 3.83. The Bertz CT molecular complexity index is 914. The minimum absolute atomic E-state index is 0.117. The molecule has 2 heterocycles. The molecule has 3 amide bonds. The molecule has 0 aromatic heterocycles. The Morgan fingerprint density at radius 1 is 1.10 bits per heavy atom. The molecule has 4 rings (SSSR count). The topological polar surface area (TPSA) is 64.7 Å². The van der Waals surface area contributed by atoms with E-state index in [1.54, 1.807) is 17.0 Å². The maximum Gasteiger partial charge on any atom is 0.321 e. The molecule has 2 aliphatic heterocycles. The number of rotatable bonds is 6. The lowest BCUT2D eigenvalue weighted by atomic mass is 10.0. The molecule has 6 heteroatoms. The molecule has 6 nitrogen and oxygen atoms in total. The van der Waals surface area contributed by atoms with Crippen LogP contribution < -0.4 is 15.5 Å². The molecule has 0 spiro atoms. The molecule has 158 valence electrons.